The summed E-state index contributed by atoms with van der Waals surface area (Å²) in [6, 6.07) is 11.9. The molecule has 2 heterocycles. The molecule has 0 bridgehead atoms. The van der Waals surface area contributed by atoms with Crippen LogP contribution in [0, 0.1) is 0 Å². The van der Waals surface area contributed by atoms with Gasteiger partial charge in [0.15, 0.2) is 5.82 Å². The quantitative estimate of drug-likeness (QED) is 0.712. The first kappa shape index (κ1) is 18.1. The maximum Gasteiger partial charge on any atom is 0.314 e. The van der Waals surface area contributed by atoms with Crippen molar-refractivity contribution in [3.63, 3.8) is 0 Å². The van der Waals surface area contributed by atoms with E-state index in [1.807, 2.05) is 37.3 Å². The normalized spacial score (nSPS) is 18.1. The number of piperidine rings is 1. The minimum atomic E-state index is -0.696. The number of hydrogen-bond donors (Lipinski definition) is 3. The van der Waals surface area contributed by atoms with E-state index >= 15 is 0 Å². The lowest BCUT2D eigenvalue weighted by molar-refractivity contribution is -0.136. The highest BCUT2D eigenvalue weighted by Crippen LogP contribution is 2.17. The van der Waals surface area contributed by atoms with Gasteiger partial charge in [-0.05, 0) is 31.9 Å². The minimum Gasteiger partial charge on any atom is -0.346 e. The molecule has 0 spiro atoms. The molecule has 3 N–H and O–H groups in total. The van der Waals surface area contributed by atoms with Gasteiger partial charge in [0.05, 0.1) is 6.04 Å². The van der Waals surface area contributed by atoms with Crippen LogP contribution in [0.15, 0.2) is 42.6 Å². The van der Waals surface area contributed by atoms with Gasteiger partial charge in [0.1, 0.15) is 0 Å². The SMILES string of the molecule is CC(c1ccccc1)n1ccc(NC(=O)C(=O)NCC2CCCCN2)n1. The number of anilines is 1. The molecule has 2 amide bonds. The number of benzene rings is 1. The van der Waals surface area contributed by atoms with Crippen LogP contribution < -0.4 is 16.0 Å². The third kappa shape index (κ3) is 4.70. The van der Waals surface area contributed by atoms with E-state index in [0.717, 1.165) is 31.4 Å². The Kier molecular flexibility index (Phi) is 6.01. The van der Waals surface area contributed by atoms with E-state index in [0.29, 0.717) is 12.4 Å². The molecular formula is C19H25N5O2. The van der Waals surface area contributed by atoms with Gasteiger partial charge in [0.2, 0.25) is 0 Å². The summed E-state index contributed by atoms with van der Waals surface area (Å²) in [7, 11) is 0. The first-order valence-corrected chi connectivity index (χ1v) is 9.06. The van der Waals surface area contributed by atoms with E-state index in [1.54, 1.807) is 16.9 Å². The molecule has 2 atom stereocenters. The molecule has 2 unspecified atom stereocenters. The summed E-state index contributed by atoms with van der Waals surface area (Å²) >= 11 is 0. The summed E-state index contributed by atoms with van der Waals surface area (Å²) in [6.07, 6.45) is 5.12. The molecular weight excluding hydrogens is 330 g/mol. The van der Waals surface area contributed by atoms with Crippen LogP contribution in [0.4, 0.5) is 5.82 Å². The highest BCUT2D eigenvalue weighted by atomic mass is 16.2. The van der Waals surface area contributed by atoms with Crippen molar-refractivity contribution < 1.29 is 9.59 Å². The molecule has 0 radical (unpaired) electrons. The second-order valence-corrected chi connectivity index (χ2v) is 6.58. The Labute approximate surface area is 153 Å². The van der Waals surface area contributed by atoms with Gasteiger partial charge >= 0.3 is 11.8 Å². The van der Waals surface area contributed by atoms with E-state index in [9.17, 15) is 9.59 Å². The lowest BCUT2D eigenvalue weighted by Gasteiger charge is -2.23. The molecule has 1 aromatic carbocycles. The molecule has 138 valence electrons. The number of nitrogens with one attached hydrogen (secondary N) is 3. The predicted octanol–water partition coefficient (Wildman–Crippen LogP) is 1.69. The molecule has 3 rings (SSSR count). The van der Waals surface area contributed by atoms with Crippen LogP contribution in [0.5, 0.6) is 0 Å². The Bertz CT molecular complexity index is 737. The lowest BCUT2D eigenvalue weighted by atomic mass is 10.1. The lowest BCUT2D eigenvalue weighted by Crippen LogP contribution is -2.46. The van der Waals surface area contributed by atoms with Crippen molar-refractivity contribution in [1.82, 2.24) is 20.4 Å². The van der Waals surface area contributed by atoms with E-state index in [4.69, 9.17) is 0 Å². The second-order valence-electron chi connectivity index (χ2n) is 6.58. The number of carbonyl (C=O) groups excluding carboxylic acids is 2. The predicted molar refractivity (Wildman–Crippen MR) is 99.8 cm³/mol. The van der Waals surface area contributed by atoms with Gasteiger partial charge in [-0.15, -0.1) is 0 Å². The number of carbonyl (C=O) groups is 2. The van der Waals surface area contributed by atoms with E-state index < -0.39 is 11.8 Å². The van der Waals surface area contributed by atoms with Crippen LogP contribution in [0.1, 0.15) is 37.8 Å². The average molecular weight is 355 g/mol. The highest BCUT2D eigenvalue weighted by Gasteiger charge is 2.18. The smallest absolute Gasteiger partial charge is 0.314 e. The largest absolute Gasteiger partial charge is 0.346 e. The van der Waals surface area contributed by atoms with E-state index in [2.05, 4.69) is 21.0 Å². The van der Waals surface area contributed by atoms with Crippen LogP contribution in [0.3, 0.4) is 0 Å². The first-order chi connectivity index (χ1) is 12.6. The van der Waals surface area contributed by atoms with Gasteiger partial charge in [0, 0.05) is 24.8 Å². The highest BCUT2D eigenvalue weighted by molar-refractivity contribution is 6.39. The third-order valence-corrected chi connectivity index (χ3v) is 4.66. The Hall–Kier alpha value is -2.67. The summed E-state index contributed by atoms with van der Waals surface area (Å²) in [5.41, 5.74) is 1.12. The van der Waals surface area contributed by atoms with Crippen molar-refractivity contribution in [3.05, 3.63) is 48.2 Å². The fourth-order valence-electron chi connectivity index (χ4n) is 3.07. The second kappa shape index (κ2) is 8.62. The zero-order valence-electron chi connectivity index (χ0n) is 14.9. The van der Waals surface area contributed by atoms with Gasteiger partial charge in [-0.2, -0.15) is 5.10 Å². The number of amides is 2. The summed E-state index contributed by atoms with van der Waals surface area (Å²) in [5, 5.41) is 12.9. The monoisotopic (exact) mass is 355 g/mol. The topological polar surface area (TPSA) is 88.0 Å². The summed E-state index contributed by atoms with van der Waals surface area (Å²) in [4.78, 5) is 24.0. The van der Waals surface area contributed by atoms with Crippen LogP contribution in [0.2, 0.25) is 0 Å². The van der Waals surface area contributed by atoms with E-state index in [1.165, 1.54) is 0 Å². The van der Waals surface area contributed by atoms with Crippen LogP contribution in [-0.2, 0) is 9.59 Å². The van der Waals surface area contributed by atoms with Gasteiger partial charge in [-0.25, -0.2) is 0 Å². The number of aromatic nitrogens is 2. The maximum atomic E-state index is 12.0. The summed E-state index contributed by atoms with van der Waals surface area (Å²) < 4.78 is 1.76. The average Bonchev–Trinajstić information content (AvgIpc) is 3.15. The van der Waals surface area contributed by atoms with Crippen LogP contribution in [-0.4, -0.2) is 40.7 Å². The molecule has 2 aromatic rings. The summed E-state index contributed by atoms with van der Waals surface area (Å²) in [5.74, 6) is -0.967. The first-order valence-electron chi connectivity index (χ1n) is 9.06. The van der Waals surface area contributed by atoms with Crippen molar-refractivity contribution in [1.29, 1.82) is 0 Å². The van der Waals surface area contributed by atoms with Gasteiger partial charge in [0.25, 0.3) is 0 Å². The summed E-state index contributed by atoms with van der Waals surface area (Å²) in [6.45, 7) is 3.45. The molecule has 1 fully saturated rings. The number of rotatable bonds is 5. The zero-order valence-corrected chi connectivity index (χ0v) is 14.9. The molecule has 1 saturated heterocycles. The van der Waals surface area contributed by atoms with E-state index in [-0.39, 0.29) is 12.1 Å². The molecule has 1 aliphatic rings. The molecule has 7 heteroatoms. The van der Waals surface area contributed by atoms with Crippen LogP contribution in [0.25, 0.3) is 0 Å². The Morgan fingerprint density at radius 2 is 2.04 bits per heavy atom. The van der Waals surface area contributed by atoms with Crippen molar-refractivity contribution in [2.45, 2.75) is 38.3 Å². The standard InChI is InChI=1S/C19H25N5O2/c1-14(15-7-3-2-4-8-15)24-12-10-17(23-24)22-19(26)18(25)21-13-16-9-5-6-11-20-16/h2-4,7-8,10,12,14,16,20H,5-6,9,11,13H2,1H3,(H,21,25)(H,22,23,26). The molecule has 1 aliphatic heterocycles. The van der Waals surface area contributed by atoms with Crippen molar-refractivity contribution in [2.75, 3.05) is 18.4 Å². The minimum absolute atomic E-state index is 0.0352. The third-order valence-electron chi connectivity index (χ3n) is 4.66. The Morgan fingerprint density at radius 1 is 1.23 bits per heavy atom. The molecule has 0 saturated carbocycles. The maximum absolute atomic E-state index is 12.0. The molecule has 7 nitrogen and oxygen atoms in total. The molecule has 26 heavy (non-hydrogen) atoms. The fraction of sp³-hybridized carbons (Fsp3) is 0.421. The van der Waals surface area contributed by atoms with Gasteiger partial charge in [-0.3, -0.25) is 14.3 Å². The van der Waals surface area contributed by atoms with Crippen LogP contribution >= 0.6 is 0 Å². The zero-order chi connectivity index (χ0) is 18.4. The Morgan fingerprint density at radius 3 is 2.77 bits per heavy atom. The van der Waals surface area contributed by atoms with Crippen molar-refractivity contribution in [2.24, 2.45) is 0 Å². The van der Waals surface area contributed by atoms with Gasteiger partial charge < -0.3 is 16.0 Å². The van der Waals surface area contributed by atoms with Crippen molar-refractivity contribution in [3.8, 4) is 0 Å². The number of hydrogen-bond acceptors (Lipinski definition) is 4. The molecule has 0 aliphatic carbocycles. The van der Waals surface area contributed by atoms with Crippen molar-refractivity contribution >= 4 is 17.6 Å². The molecule has 1 aromatic heterocycles. The Balaban J connectivity index is 1.51. The van der Waals surface area contributed by atoms with Gasteiger partial charge in [-0.1, -0.05) is 36.8 Å². The fourth-order valence-corrected chi connectivity index (χ4v) is 3.07. The number of nitrogens with zero attached hydrogens (tertiary/aromatic N) is 2.